The van der Waals surface area contributed by atoms with E-state index in [4.69, 9.17) is 11.0 Å². The predicted molar refractivity (Wildman–Crippen MR) is 72.9 cm³/mol. The molecular formula is C14H18N2S. The predicted octanol–water partition coefficient (Wildman–Crippen LogP) is 3.62. The lowest BCUT2D eigenvalue weighted by atomic mass is 10.1. The third kappa shape index (κ3) is 3.41. The van der Waals surface area contributed by atoms with E-state index in [-0.39, 0.29) is 0 Å². The Morgan fingerprint density at radius 1 is 1.35 bits per heavy atom. The number of anilines is 1. The number of benzene rings is 1. The summed E-state index contributed by atoms with van der Waals surface area (Å²) < 4.78 is 0. The van der Waals surface area contributed by atoms with Crippen molar-refractivity contribution >= 4 is 17.4 Å². The van der Waals surface area contributed by atoms with Crippen molar-refractivity contribution in [1.29, 1.82) is 5.26 Å². The van der Waals surface area contributed by atoms with Gasteiger partial charge in [0.15, 0.2) is 0 Å². The van der Waals surface area contributed by atoms with Crippen LogP contribution in [0.3, 0.4) is 0 Å². The van der Waals surface area contributed by atoms with Gasteiger partial charge in [-0.05, 0) is 42.5 Å². The summed E-state index contributed by atoms with van der Waals surface area (Å²) >= 11 is 1.90. The summed E-state index contributed by atoms with van der Waals surface area (Å²) in [6.45, 7) is 0. The number of nitriles is 1. The Bertz CT molecular complexity index is 417. The molecule has 0 amide bonds. The van der Waals surface area contributed by atoms with Crippen molar-refractivity contribution in [2.45, 2.75) is 37.0 Å². The van der Waals surface area contributed by atoms with Gasteiger partial charge in [-0.1, -0.05) is 12.8 Å². The van der Waals surface area contributed by atoms with Gasteiger partial charge in [-0.25, -0.2) is 0 Å². The van der Waals surface area contributed by atoms with Gasteiger partial charge < -0.3 is 5.73 Å². The van der Waals surface area contributed by atoms with Crippen molar-refractivity contribution in [3.8, 4) is 6.07 Å². The minimum atomic E-state index is 0.406. The third-order valence-electron chi connectivity index (χ3n) is 3.34. The molecule has 1 aromatic carbocycles. The highest BCUT2D eigenvalue weighted by atomic mass is 32.2. The fourth-order valence-electron chi connectivity index (χ4n) is 2.30. The van der Waals surface area contributed by atoms with E-state index >= 15 is 0 Å². The van der Waals surface area contributed by atoms with E-state index in [0.717, 1.165) is 17.2 Å². The Labute approximate surface area is 107 Å². The van der Waals surface area contributed by atoms with Crippen LogP contribution in [-0.2, 0) is 6.42 Å². The molecule has 2 N–H and O–H groups in total. The van der Waals surface area contributed by atoms with Crippen LogP contribution in [0.1, 0.15) is 31.2 Å². The summed E-state index contributed by atoms with van der Waals surface area (Å²) in [5.74, 6) is 2.09. The van der Waals surface area contributed by atoms with E-state index in [1.807, 2.05) is 17.8 Å². The molecule has 0 unspecified atom stereocenters. The molecule has 0 heterocycles. The molecule has 0 atom stereocenters. The van der Waals surface area contributed by atoms with Gasteiger partial charge in [0, 0.05) is 16.3 Å². The largest absolute Gasteiger partial charge is 0.398 e. The lowest BCUT2D eigenvalue weighted by Gasteiger charge is -2.09. The number of nitrogens with zero attached hydrogens (tertiary/aromatic N) is 1. The number of hydrogen-bond acceptors (Lipinski definition) is 3. The molecule has 0 bridgehead atoms. The van der Waals surface area contributed by atoms with E-state index in [9.17, 15) is 0 Å². The quantitative estimate of drug-likeness (QED) is 0.652. The van der Waals surface area contributed by atoms with Gasteiger partial charge >= 0.3 is 0 Å². The zero-order valence-electron chi connectivity index (χ0n) is 9.98. The average Bonchev–Trinajstić information content (AvgIpc) is 2.83. The van der Waals surface area contributed by atoms with E-state index in [2.05, 4.69) is 18.2 Å². The normalized spacial score (nSPS) is 15.9. The second-order valence-corrected chi connectivity index (χ2v) is 5.75. The molecule has 0 aromatic heterocycles. The second-order valence-electron chi connectivity index (χ2n) is 4.66. The van der Waals surface area contributed by atoms with Gasteiger partial charge in [-0.2, -0.15) is 5.26 Å². The highest BCUT2D eigenvalue weighted by Gasteiger charge is 2.15. The summed E-state index contributed by atoms with van der Waals surface area (Å²) in [6.07, 6.45) is 5.96. The first-order chi connectivity index (χ1) is 8.29. The summed E-state index contributed by atoms with van der Waals surface area (Å²) in [5.41, 5.74) is 7.53. The van der Waals surface area contributed by atoms with Crippen molar-refractivity contribution in [2.24, 2.45) is 5.92 Å². The first-order valence-corrected chi connectivity index (χ1v) is 7.16. The van der Waals surface area contributed by atoms with Crippen LogP contribution in [0.15, 0.2) is 23.1 Å². The Kier molecular flexibility index (Phi) is 4.33. The minimum absolute atomic E-state index is 0.406. The van der Waals surface area contributed by atoms with Crippen LogP contribution in [0.5, 0.6) is 0 Å². The molecule has 17 heavy (non-hydrogen) atoms. The van der Waals surface area contributed by atoms with Gasteiger partial charge in [0.1, 0.15) is 0 Å². The number of hydrogen-bond donors (Lipinski definition) is 1. The number of nitrogen functional groups attached to an aromatic ring is 1. The maximum Gasteiger partial charge on any atom is 0.0670 e. The zero-order chi connectivity index (χ0) is 12.1. The highest BCUT2D eigenvalue weighted by Crippen LogP contribution is 2.31. The summed E-state index contributed by atoms with van der Waals surface area (Å²) in [5, 5.41) is 8.73. The SMILES string of the molecule is N#CCc1cc(SCC2CCCC2)ccc1N. The lowest BCUT2D eigenvalue weighted by molar-refractivity contribution is 0.623. The smallest absolute Gasteiger partial charge is 0.0670 e. The Balaban J connectivity index is 1.96. The van der Waals surface area contributed by atoms with Crippen LogP contribution in [0.2, 0.25) is 0 Å². The maximum atomic E-state index is 8.73. The van der Waals surface area contributed by atoms with Gasteiger partial charge in [-0.15, -0.1) is 11.8 Å². The molecule has 0 radical (unpaired) electrons. The van der Waals surface area contributed by atoms with E-state index < -0.39 is 0 Å². The molecule has 0 saturated heterocycles. The molecule has 1 aliphatic rings. The zero-order valence-corrected chi connectivity index (χ0v) is 10.8. The molecule has 1 aromatic rings. The second kappa shape index (κ2) is 5.97. The lowest BCUT2D eigenvalue weighted by Crippen LogP contribution is -1.97. The Morgan fingerprint density at radius 3 is 2.82 bits per heavy atom. The van der Waals surface area contributed by atoms with E-state index in [0.29, 0.717) is 6.42 Å². The van der Waals surface area contributed by atoms with Crippen LogP contribution in [0.4, 0.5) is 5.69 Å². The first-order valence-electron chi connectivity index (χ1n) is 6.17. The molecule has 3 heteroatoms. The summed E-state index contributed by atoms with van der Waals surface area (Å²) in [6, 6.07) is 8.21. The van der Waals surface area contributed by atoms with Crippen molar-refractivity contribution in [1.82, 2.24) is 0 Å². The van der Waals surface area contributed by atoms with Crippen LogP contribution in [-0.4, -0.2) is 5.75 Å². The standard InChI is InChI=1S/C14H18N2S/c15-8-7-12-9-13(5-6-14(12)16)17-10-11-3-1-2-4-11/h5-6,9,11H,1-4,7,10,16H2. The van der Waals surface area contributed by atoms with Crippen molar-refractivity contribution in [2.75, 3.05) is 11.5 Å². The molecule has 1 fully saturated rings. The monoisotopic (exact) mass is 246 g/mol. The average molecular weight is 246 g/mol. The van der Waals surface area contributed by atoms with Crippen molar-refractivity contribution in [3.05, 3.63) is 23.8 Å². The number of nitrogens with two attached hydrogens (primary N) is 1. The van der Waals surface area contributed by atoms with Crippen LogP contribution in [0.25, 0.3) is 0 Å². The molecule has 90 valence electrons. The summed E-state index contributed by atoms with van der Waals surface area (Å²) in [4.78, 5) is 1.25. The third-order valence-corrected chi connectivity index (χ3v) is 4.57. The topological polar surface area (TPSA) is 49.8 Å². The van der Waals surface area contributed by atoms with Gasteiger partial charge in [0.2, 0.25) is 0 Å². The first kappa shape index (κ1) is 12.3. The van der Waals surface area contributed by atoms with Gasteiger partial charge in [0.05, 0.1) is 12.5 Å². The van der Waals surface area contributed by atoms with E-state index in [1.165, 1.54) is 36.3 Å². The molecule has 0 aliphatic heterocycles. The van der Waals surface area contributed by atoms with Crippen LogP contribution >= 0.6 is 11.8 Å². The molecular weight excluding hydrogens is 228 g/mol. The fraction of sp³-hybridized carbons (Fsp3) is 0.500. The van der Waals surface area contributed by atoms with Crippen molar-refractivity contribution in [3.63, 3.8) is 0 Å². The number of thioether (sulfide) groups is 1. The number of rotatable bonds is 4. The minimum Gasteiger partial charge on any atom is -0.398 e. The Morgan fingerprint density at radius 2 is 2.12 bits per heavy atom. The van der Waals surface area contributed by atoms with E-state index in [1.54, 1.807) is 0 Å². The maximum absolute atomic E-state index is 8.73. The highest BCUT2D eigenvalue weighted by molar-refractivity contribution is 7.99. The summed E-state index contributed by atoms with van der Waals surface area (Å²) in [7, 11) is 0. The molecule has 2 nitrogen and oxygen atoms in total. The van der Waals surface area contributed by atoms with Crippen molar-refractivity contribution < 1.29 is 0 Å². The van der Waals surface area contributed by atoms with Crippen LogP contribution in [0, 0.1) is 17.2 Å². The molecule has 1 aliphatic carbocycles. The van der Waals surface area contributed by atoms with Crippen LogP contribution < -0.4 is 5.73 Å². The molecule has 2 rings (SSSR count). The van der Waals surface area contributed by atoms with Gasteiger partial charge in [0.25, 0.3) is 0 Å². The molecule has 0 spiro atoms. The fourth-order valence-corrected chi connectivity index (χ4v) is 3.45. The molecule has 1 saturated carbocycles. The van der Waals surface area contributed by atoms with Gasteiger partial charge in [-0.3, -0.25) is 0 Å². The Hall–Kier alpha value is -1.14.